The molecule has 0 aliphatic carbocycles. The van der Waals surface area contributed by atoms with E-state index in [9.17, 15) is 9.18 Å². The van der Waals surface area contributed by atoms with Crippen molar-refractivity contribution in [3.05, 3.63) is 34.1 Å². The van der Waals surface area contributed by atoms with E-state index in [1.54, 1.807) is 17.0 Å². The smallest absolute Gasteiger partial charge is 0.258 e. The lowest BCUT2D eigenvalue weighted by Crippen LogP contribution is -2.43. The Bertz CT molecular complexity index is 438. The van der Waals surface area contributed by atoms with Crippen molar-refractivity contribution in [3.63, 3.8) is 0 Å². The number of benzene rings is 1. The molecule has 17 heavy (non-hydrogen) atoms. The van der Waals surface area contributed by atoms with Crippen molar-refractivity contribution < 1.29 is 9.18 Å². The molecule has 2 rings (SSSR count). The molecule has 0 saturated carbocycles. The van der Waals surface area contributed by atoms with Crippen LogP contribution in [0.2, 0.25) is 0 Å². The van der Waals surface area contributed by atoms with Gasteiger partial charge in [0.05, 0.1) is 5.56 Å². The van der Waals surface area contributed by atoms with Gasteiger partial charge in [0.15, 0.2) is 0 Å². The summed E-state index contributed by atoms with van der Waals surface area (Å²) in [6.45, 7) is 4.74. The highest BCUT2D eigenvalue weighted by Crippen LogP contribution is 2.32. The lowest BCUT2D eigenvalue weighted by Gasteiger charge is -2.32. The van der Waals surface area contributed by atoms with E-state index in [1.165, 1.54) is 6.07 Å². The Morgan fingerprint density at radius 3 is 2.71 bits per heavy atom. The molecule has 0 radical (unpaired) electrons. The van der Waals surface area contributed by atoms with Crippen LogP contribution in [0.4, 0.5) is 4.39 Å². The van der Waals surface area contributed by atoms with Gasteiger partial charge >= 0.3 is 0 Å². The fraction of sp³-hybridized carbons (Fsp3) is 0.462. The van der Waals surface area contributed by atoms with Gasteiger partial charge in [0.2, 0.25) is 0 Å². The van der Waals surface area contributed by atoms with Crippen molar-refractivity contribution in [3.8, 4) is 0 Å². The van der Waals surface area contributed by atoms with Crippen LogP contribution in [0, 0.1) is 5.82 Å². The molecule has 1 amide bonds. The summed E-state index contributed by atoms with van der Waals surface area (Å²) in [4.78, 5) is 14.1. The van der Waals surface area contributed by atoms with Crippen molar-refractivity contribution in [2.75, 3.05) is 6.54 Å². The Kier molecular flexibility index (Phi) is 3.25. The van der Waals surface area contributed by atoms with Gasteiger partial charge in [-0.05, 0) is 54.8 Å². The third-order valence-electron chi connectivity index (χ3n) is 3.32. The topological polar surface area (TPSA) is 20.3 Å². The van der Waals surface area contributed by atoms with Crippen LogP contribution >= 0.6 is 15.9 Å². The van der Waals surface area contributed by atoms with E-state index in [0.717, 1.165) is 12.8 Å². The van der Waals surface area contributed by atoms with E-state index < -0.39 is 5.82 Å². The molecule has 1 fully saturated rings. The first-order valence-corrected chi connectivity index (χ1v) is 6.49. The average Bonchev–Trinajstić information content (AvgIpc) is 2.57. The molecule has 0 N–H and O–H groups in total. The monoisotopic (exact) mass is 299 g/mol. The summed E-state index contributed by atoms with van der Waals surface area (Å²) in [6.07, 6.45) is 1.94. The van der Waals surface area contributed by atoms with Crippen molar-refractivity contribution in [1.82, 2.24) is 4.90 Å². The Morgan fingerprint density at radius 2 is 2.18 bits per heavy atom. The second kappa shape index (κ2) is 4.41. The highest BCUT2D eigenvalue weighted by atomic mass is 79.9. The summed E-state index contributed by atoms with van der Waals surface area (Å²) >= 11 is 3.24. The first kappa shape index (κ1) is 12.6. The molecular formula is C13H15BrFNO. The SMILES string of the molecule is CC1(C)CCCN1C(=O)c1c(F)cccc1Br. The Morgan fingerprint density at radius 1 is 1.47 bits per heavy atom. The molecule has 0 spiro atoms. The summed E-state index contributed by atoms with van der Waals surface area (Å²) < 4.78 is 14.2. The molecule has 92 valence electrons. The molecule has 0 bridgehead atoms. The van der Waals surface area contributed by atoms with Gasteiger partial charge < -0.3 is 4.90 Å². The van der Waals surface area contributed by atoms with Crippen LogP contribution in [-0.2, 0) is 0 Å². The number of carbonyl (C=O) groups excluding carboxylic acids is 1. The normalized spacial score (nSPS) is 18.5. The number of rotatable bonds is 1. The lowest BCUT2D eigenvalue weighted by atomic mass is 10.0. The van der Waals surface area contributed by atoms with E-state index in [1.807, 2.05) is 13.8 Å². The van der Waals surface area contributed by atoms with Crippen molar-refractivity contribution in [2.45, 2.75) is 32.2 Å². The quantitative estimate of drug-likeness (QED) is 0.776. The van der Waals surface area contributed by atoms with E-state index in [-0.39, 0.29) is 17.0 Å². The van der Waals surface area contributed by atoms with E-state index in [2.05, 4.69) is 15.9 Å². The zero-order valence-corrected chi connectivity index (χ0v) is 11.6. The lowest BCUT2D eigenvalue weighted by molar-refractivity contribution is 0.0646. The summed E-state index contributed by atoms with van der Waals surface area (Å²) in [5.41, 5.74) is -0.0406. The fourth-order valence-corrected chi connectivity index (χ4v) is 2.83. The van der Waals surface area contributed by atoms with Crippen LogP contribution in [0.5, 0.6) is 0 Å². The highest BCUT2D eigenvalue weighted by molar-refractivity contribution is 9.10. The van der Waals surface area contributed by atoms with Crippen LogP contribution < -0.4 is 0 Å². The number of carbonyl (C=O) groups is 1. The zero-order chi connectivity index (χ0) is 12.6. The van der Waals surface area contributed by atoms with Gasteiger partial charge in [0.25, 0.3) is 5.91 Å². The maximum atomic E-state index is 13.7. The molecule has 2 nitrogen and oxygen atoms in total. The van der Waals surface area contributed by atoms with Gasteiger partial charge in [0.1, 0.15) is 5.82 Å². The van der Waals surface area contributed by atoms with Crippen LogP contribution in [0.25, 0.3) is 0 Å². The summed E-state index contributed by atoms with van der Waals surface area (Å²) in [6, 6.07) is 4.60. The van der Waals surface area contributed by atoms with Crippen LogP contribution in [-0.4, -0.2) is 22.9 Å². The predicted molar refractivity (Wildman–Crippen MR) is 68.4 cm³/mol. The summed E-state index contributed by atoms with van der Waals surface area (Å²) in [5, 5.41) is 0. The molecule has 0 unspecified atom stereocenters. The second-order valence-corrected chi connectivity index (χ2v) is 5.82. The van der Waals surface area contributed by atoms with E-state index in [0.29, 0.717) is 11.0 Å². The summed E-state index contributed by atoms with van der Waals surface area (Å²) in [5.74, 6) is -0.690. The first-order valence-electron chi connectivity index (χ1n) is 5.69. The average molecular weight is 300 g/mol. The van der Waals surface area contributed by atoms with E-state index >= 15 is 0 Å². The molecule has 1 aliphatic heterocycles. The summed E-state index contributed by atoms with van der Waals surface area (Å²) in [7, 11) is 0. The maximum absolute atomic E-state index is 13.7. The number of nitrogens with zero attached hydrogens (tertiary/aromatic N) is 1. The number of hydrogen-bond acceptors (Lipinski definition) is 1. The van der Waals surface area contributed by atoms with Gasteiger partial charge in [-0.15, -0.1) is 0 Å². The van der Waals surface area contributed by atoms with Gasteiger partial charge in [-0.25, -0.2) is 4.39 Å². The molecule has 1 saturated heterocycles. The van der Waals surface area contributed by atoms with Crippen molar-refractivity contribution >= 4 is 21.8 Å². The van der Waals surface area contributed by atoms with Crippen LogP contribution in [0.15, 0.2) is 22.7 Å². The minimum Gasteiger partial charge on any atom is -0.333 e. The van der Waals surface area contributed by atoms with Crippen LogP contribution in [0.1, 0.15) is 37.0 Å². The largest absolute Gasteiger partial charge is 0.333 e. The maximum Gasteiger partial charge on any atom is 0.258 e. The third kappa shape index (κ3) is 2.23. The Balaban J connectivity index is 2.38. The molecular weight excluding hydrogens is 285 g/mol. The van der Waals surface area contributed by atoms with Crippen molar-refractivity contribution in [1.29, 1.82) is 0 Å². The molecule has 0 aromatic heterocycles. The molecule has 1 aromatic rings. The van der Waals surface area contributed by atoms with Gasteiger partial charge in [0, 0.05) is 16.6 Å². The second-order valence-electron chi connectivity index (χ2n) is 4.97. The highest BCUT2D eigenvalue weighted by Gasteiger charge is 2.37. The Labute approximate surface area is 109 Å². The zero-order valence-electron chi connectivity index (χ0n) is 9.96. The molecule has 1 aliphatic rings. The fourth-order valence-electron chi connectivity index (χ4n) is 2.32. The number of likely N-dealkylation sites (tertiary alicyclic amines) is 1. The molecule has 1 heterocycles. The standard InChI is InChI=1S/C13H15BrFNO/c1-13(2)7-4-8-16(13)12(17)11-9(14)5-3-6-10(11)15/h3,5-6H,4,7-8H2,1-2H3. The van der Waals surface area contributed by atoms with Crippen molar-refractivity contribution in [2.24, 2.45) is 0 Å². The first-order chi connectivity index (χ1) is 7.93. The minimum absolute atomic E-state index is 0.141. The van der Waals surface area contributed by atoms with Gasteiger partial charge in [-0.2, -0.15) is 0 Å². The van der Waals surface area contributed by atoms with Gasteiger partial charge in [-0.3, -0.25) is 4.79 Å². The number of amides is 1. The number of hydrogen-bond donors (Lipinski definition) is 0. The van der Waals surface area contributed by atoms with Crippen LogP contribution in [0.3, 0.4) is 0 Å². The molecule has 1 aromatic carbocycles. The predicted octanol–water partition coefficient (Wildman–Crippen LogP) is 3.60. The third-order valence-corrected chi connectivity index (χ3v) is 3.98. The van der Waals surface area contributed by atoms with E-state index in [4.69, 9.17) is 0 Å². The molecule has 0 atom stereocenters. The molecule has 4 heteroatoms. The number of halogens is 2. The Hall–Kier alpha value is -0.900. The van der Waals surface area contributed by atoms with Gasteiger partial charge in [-0.1, -0.05) is 6.07 Å². The minimum atomic E-state index is -0.466.